The second-order valence-electron chi connectivity index (χ2n) is 5.20. The van der Waals surface area contributed by atoms with Gasteiger partial charge in [-0.05, 0) is 29.9 Å². The van der Waals surface area contributed by atoms with Crippen molar-refractivity contribution in [2.75, 3.05) is 5.33 Å². The smallest absolute Gasteiger partial charge is 0.0208 e. The van der Waals surface area contributed by atoms with E-state index in [1.807, 2.05) is 0 Å². The molecule has 0 saturated heterocycles. The van der Waals surface area contributed by atoms with Crippen molar-refractivity contribution in [3.05, 3.63) is 35.4 Å². The van der Waals surface area contributed by atoms with E-state index in [1.165, 1.54) is 11.1 Å². The first kappa shape index (κ1) is 14.7. The lowest BCUT2D eigenvalue weighted by molar-refractivity contribution is 0.433. The van der Waals surface area contributed by atoms with Crippen molar-refractivity contribution in [2.45, 2.75) is 46.2 Å². The Labute approximate surface area is 114 Å². The average molecular weight is 298 g/mol. The van der Waals surface area contributed by atoms with Crippen molar-refractivity contribution >= 4 is 15.9 Å². The van der Waals surface area contributed by atoms with E-state index in [9.17, 15) is 0 Å². The molecule has 0 aliphatic carbocycles. The molecule has 0 bridgehead atoms. The highest BCUT2D eigenvalue weighted by atomic mass is 79.9. The van der Waals surface area contributed by atoms with Crippen molar-refractivity contribution < 1.29 is 0 Å². The van der Waals surface area contributed by atoms with Gasteiger partial charge in [-0.15, -0.1) is 0 Å². The lowest BCUT2D eigenvalue weighted by atomic mass is 10.0. The molecule has 2 heteroatoms. The number of nitrogens with one attached hydrogen (secondary N) is 1. The van der Waals surface area contributed by atoms with Crippen LogP contribution in [-0.2, 0) is 6.54 Å². The molecule has 1 N–H and O–H groups in total. The standard InChI is InChI=1S/C15H24BrN/c1-11(2)15-7-5-14(6-8-15)10-17-13(4)12(3)9-16/h5-8,11-13,17H,9-10H2,1-4H3. The maximum absolute atomic E-state index is 3.57. The van der Waals surface area contributed by atoms with Gasteiger partial charge in [-0.2, -0.15) is 0 Å². The summed E-state index contributed by atoms with van der Waals surface area (Å²) >= 11 is 3.53. The van der Waals surface area contributed by atoms with Crippen LogP contribution >= 0.6 is 15.9 Å². The van der Waals surface area contributed by atoms with Gasteiger partial charge in [0.25, 0.3) is 0 Å². The van der Waals surface area contributed by atoms with E-state index in [1.54, 1.807) is 0 Å². The number of benzene rings is 1. The van der Waals surface area contributed by atoms with Gasteiger partial charge in [0, 0.05) is 17.9 Å². The highest BCUT2D eigenvalue weighted by Crippen LogP contribution is 2.15. The fourth-order valence-corrected chi connectivity index (χ4v) is 2.19. The molecule has 0 spiro atoms. The number of alkyl halides is 1. The van der Waals surface area contributed by atoms with Crippen LogP contribution in [-0.4, -0.2) is 11.4 Å². The number of hydrogen-bond donors (Lipinski definition) is 1. The quantitative estimate of drug-likeness (QED) is 0.771. The molecule has 1 nitrogen and oxygen atoms in total. The molecule has 1 aromatic rings. The lowest BCUT2D eigenvalue weighted by Gasteiger charge is -2.19. The Morgan fingerprint density at radius 2 is 1.65 bits per heavy atom. The molecular formula is C15H24BrN. The Morgan fingerprint density at radius 1 is 1.06 bits per heavy atom. The Kier molecular flexibility index (Phi) is 6.21. The third-order valence-electron chi connectivity index (χ3n) is 3.37. The van der Waals surface area contributed by atoms with Crippen LogP contribution in [0.3, 0.4) is 0 Å². The maximum Gasteiger partial charge on any atom is 0.0208 e. The molecule has 0 fully saturated rings. The van der Waals surface area contributed by atoms with Gasteiger partial charge in [-0.3, -0.25) is 0 Å². The van der Waals surface area contributed by atoms with Crippen LogP contribution in [0.25, 0.3) is 0 Å². The van der Waals surface area contributed by atoms with Gasteiger partial charge in [0.2, 0.25) is 0 Å². The zero-order valence-electron chi connectivity index (χ0n) is 11.3. The van der Waals surface area contributed by atoms with Gasteiger partial charge in [0.15, 0.2) is 0 Å². The Balaban J connectivity index is 2.47. The molecule has 0 aliphatic rings. The fraction of sp³-hybridized carbons (Fsp3) is 0.600. The zero-order chi connectivity index (χ0) is 12.8. The summed E-state index contributed by atoms with van der Waals surface area (Å²) in [5.74, 6) is 1.27. The van der Waals surface area contributed by atoms with Crippen LogP contribution in [0.5, 0.6) is 0 Å². The minimum absolute atomic E-state index is 0.541. The summed E-state index contributed by atoms with van der Waals surface area (Å²) in [6, 6.07) is 9.47. The van der Waals surface area contributed by atoms with E-state index in [-0.39, 0.29) is 0 Å². The Hall–Kier alpha value is -0.340. The van der Waals surface area contributed by atoms with Crippen LogP contribution in [0, 0.1) is 5.92 Å². The second kappa shape index (κ2) is 7.17. The highest BCUT2D eigenvalue weighted by molar-refractivity contribution is 9.09. The monoisotopic (exact) mass is 297 g/mol. The molecule has 17 heavy (non-hydrogen) atoms. The summed E-state index contributed by atoms with van der Waals surface area (Å²) in [6.45, 7) is 9.92. The van der Waals surface area contributed by atoms with Crippen LogP contribution in [0.15, 0.2) is 24.3 Å². The van der Waals surface area contributed by atoms with Crippen molar-refractivity contribution in [2.24, 2.45) is 5.92 Å². The summed E-state index contributed by atoms with van der Waals surface area (Å²) in [7, 11) is 0. The molecule has 2 atom stereocenters. The number of rotatable bonds is 6. The summed E-state index contributed by atoms with van der Waals surface area (Å²) < 4.78 is 0. The maximum atomic E-state index is 3.57. The molecule has 0 aromatic heterocycles. The van der Waals surface area contributed by atoms with Crippen molar-refractivity contribution in [3.63, 3.8) is 0 Å². The second-order valence-corrected chi connectivity index (χ2v) is 5.84. The van der Waals surface area contributed by atoms with Crippen LogP contribution in [0.1, 0.15) is 44.7 Å². The Bertz CT molecular complexity index is 318. The third-order valence-corrected chi connectivity index (χ3v) is 4.39. The summed E-state index contributed by atoms with van der Waals surface area (Å²) in [5, 5.41) is 4.62. The lowest BCUT2D eigenvalue weighted by Crippen LogP contribution is -2.32. The van der Waals surface area contributed by atoms with Crippen LogP contribution < -0.4 is 5.32 Å². The van der Waals surface area contributed by atoms with Crippen molar-refractivity contribution in [3.8, 4) is 0 Å². The molecule has 0 aliphatic heterocycles. The van der Waals surface area contributed by atoms with E-state index in [0.717, 1.165) is 11.9 Å². The van der Waals surface area contributed by atoms with Gasteiger partial charge in [-0.1, -0.05) is 61.0 Å². The van der Waals surface area contributed by atoms with Crippen molar-refractivity contribution in [1.29, 1.82) is 0 Å². The van der Waals surface area contributed by atoms with E-state index in [0.29, 0.717) is 17.9 Å². The fourth-order valence-electron chi connectivity index (χ4n) is 1.63. The first-order chi connectivity index (χ1) is 8.04. The van der Waals surface area contributed by atoms with E-state index in [4.69, 9.17) is 0 Å². The summed E-state index contributed by atoms with van der Waals surface area (Å²) in [5.41, 5.74) is 2.78. The van der Waals surface area contributed by atoms with Gasteiger partial charge in [0.05, 0.1) is 0 Å². The number of halogens is 1. The molecule has 0 amide bonds. The predicted molar refractivity (Wildman–Crippen MR) is 79.8 cm³/mol. The predicted octanol–water partition coefficient (Wildman–Crippen LogP) is 4.32. The first-order valence-electron chi connectivity index (χ1n) is 6.42. The van der Waals surface area contributed by atoms with Gasteiger partial charge in [0.1, 0.15) is 0 Å². The average Bonchev–Trinajstić information content (AvgIpc) is 2.35. The van der Waals surface area contributed by atoms with E-state index < -0.39 is 0 Å². The van der Waals surface area contributed by atoms with Gasteiger partial charge >= 0.3 is 0 Å². The van der Waals surface area contributed by atoms with E-state index >= 15 is 0 Å². The minimum atomic E-state index is 0.541. The highest BCUT2D eigenvalue weighted by Gasteiger charge is 2.09. The SMILES string of the molecule is CC(C)c1ccc(CNC(C)C(C)CBr)cc1. The molecule has 2 unspecified atom stereocenters. The zero-order valence-corrected chi connectivity index (χ0v) is 12.9. The normalized spacial score (nSPS) is 14.9. The van der Waals surface area contributed by atoms with Gasteiger partial charge < -0.3 is 5.32 Å². The molecule has 1 aromatic carbocycles. The molecular weight excluding hydrogens is 274 g/mol. The molecule has 1 rings (SSSR count). The van der Waals surface area contributed by atoms with Crippen LogP contribution in [0.4, 0.5) is 0 Å². The topological polar surface area (TPSA) is 12.0 Å². The molecule has 96 valence electrons. The van der Waals surface area contributed by atoms with E-state index in [2.05, 4.69) is 73.2 Å². The largest absolute Gasteiger partial charge is 0.310 e. The van der Waals surface area contributed by atoms with Crippen molar-refractivity contribution in [1.82, 2.24) is 5.32 Å². The summed E-state index contributed by atoms with van der Waals surface area (Å²) in [6.07, 6.45) is 0. The number of hydrogen-bond acceptors (Lipinski definition) is 1. The molecule has 0 heterocycles. The third kappa shape index (κ3) is 4.81. The first-order valence-corrected chi connectivity index (χ1v) is 7.55. The van der Waals surface area contributed by atoms with Crippen LogP contribution in [0.2, 0.25) is 0 Å². The Morgan fingerprint density at radius 3 is 2.12 bits per heavy atom. The summed E-state index contributed by atoms with van der Waals surface area (Å²) in [4.78, 5) is 0. The molecule has 0 saturated carbocycles. The molecule has 0 radical (unpaired) electrons. The minimum Gasteiger partial charge on any atom is -0.310 e. The van der Waals surface area contributed by atoms with Gasteiger partial charge in [-0.25, -0.2) is 0 Å².